The highest BCUT2D eigenvalue weighted by Gasteiger charge is 2.24. The Hall–Kier alpha value is -0.710. The van der Waals surface area contributed by atoms with Gasteiger partial charge >= 0.3 is 0 Å². The van der Waals surface area contributed by atoms with E-state index in [1.165, 1.54) is 0 Å². The quantitative estimate of drug-likeness (QED) is 0.720. The van der Waals surface area contributed by atoms with Crippen LogP contribution in [-0.4, -0.2) is 17.1 Å². The first-order valence-electron chi connectivity index (χ1n) is 4.22. The third-order valence-corrected chi connectivity index (χ3v) is 3.27. The second kappa shape index (κ2) is 4.04. The van der Waals surface area contributed by atoms with Gasteiger partial charge in [-0.25, -0.2) is 0 Å². The highest BCUT2D eigenvalue weighted by molar-refractivity contribution is 7.80. The van der Waals surface area contributed by atoms with Crippen molar-refractivity contribution in [1.82, 2.24) is 4.90 Å². The molecule has 0 aromatic heterocycles. The minimum absolute atomic E-state index is 0.188. The number of halogens is 2. The molecule has 0 spiro atoms. The average Bonchev–Trinajstić information content (AvgIpc) is 2.53. The molecule has 1 aliphatic rings. The molecule has 2 rings (SSSR count). The van der Waals surface area contributed by atoms with Crippen molar-refractivity contribution in [2.45, 2.75) is 6.17 Å². The molecule has 0 saturated carbocycles. The number of hydrogen-bond acceptors (Lipinski definition) is 2. The topological polar surface area (TPSA) is 28.0 Å². The van der Waals surface area contributed by atoms with E-state index < -0.39 is 0 Å². The first-order chi connectivity index (χ1) is 7.09. The van der Waals surface area contributed by atoms with Crippen LogP contribution >= 0.6 is 35.4 Å². The highest BCUT2D eigenvalue weighted by atomic mass is 35.5. The molecule has 0 aliphatic carbocycles. The number of thiocarbonyl (C=S) groups is 1. The van der Waals surface area contributed by atoms with E-state index in [9.17, 15) is 0 Å². The van der Waals surface area contributed by atoms with E-state index in [0.29, 0.717) is 15.2 Å². The van der Waals surface area contributed by atoms with Gasteiger partial charge in [0.15, 0.2) is 6.17 Å². The standard InChI is InChI=1S/C9H7Cl2N3S/c1-14-8(12-13-9(14)15)5-2-3-6(10)7(11)4-5/h2-4,8H,1H3. The van der Waals surface area contributed by atoms with Crippen LogP contribution < -0.4 is 0 Å². The van der Waals surface area contributed by atoms with Crippen LogP contribution in [0.2, 0.25) is 10.0 Å². The summed E-state index contributed by atoms with van der Waals surface area (Å²) in [5, 5.41) is 9.40. The van der Waals surface area contributed by atoms with E-state index >= 15 is 0 Å². The van der Waals surface area contributed by atoms with E-state index in [1.807, 2.05) is 13.1 Å². The van der Waals surface area contributed by atoms with Crippen molar-refractivity contribution in [2.24, 2.45) is 10.2 Å². The van der Waals surface area contributed by atoms with Gasteiger partial charge in [0.1, 0.15) is 0 Å². The average molecular weight is 260 g/mol. The maximum absolute atomic E-state index is 5.92. The molecule has 0 fully saturated rings. The zero-order valence-corrected chi connectivity index (χ0v) is 10.1. The van der Waals surface area contributed by atoms with E-state index in [-0.39, 0.29) is 6.17 Å². The molecule has 15 heavy (non-hydrogen) atoms. The van der Waals surface area contributed by atoms with Gasteiger partial charge in [-0.05, 0) is 29.9 Å². The van der Waals surface area contributed by atoms with Crippen molar-refractivity contribution < 1.29 is 0 Å². The van der Waals surface area contributed by atoms with Crippen molar-refractivity contribution >= 4 is 40.5 Å². The number of azo groups is 1. The second-order valence-corrected chi connectivity index (χ2v) is 4.34. The van der Waals surface area contributed by atoms with Crippen molar-refractivity contribution in [3.63, 3.8) is 0 Å². The molecule has 6 heteroatoms. The maximum Gasteiger partial charge on any atom is 0.217 e. The summed E-state index contributed by atoms with van der Waals surface area (Å²) in [6.07, 6.45) is -0.188. The lowest BCUT2D eigenvalue weighted by Crippen LogP contribution is -2.21. The molecule has 1 heterocycles. The van der Waals surface area contributed by atoms with Gasteiger partial charge in [0.2, 0.25) is 5.11 Å². The molecule has 1 unspecified atom stereocenters. The van der Waals surface area contributed by atoms with Crippen LogP contribution in [0.1, 0.15) is 11.7 Å². The fourth-order valence-electron chi connectivity index (χ4n) is 1.32. The second-order valence-electron chi connectivity index (χ2n) is 3.16. The van der Waals surface area contributed by atoms with E-state index in [1.54, 1.807) is 17.0 Å². The summed E-state index contributed by atoms with van der Waals surface area (Å²) in [4.78, 5) is 1.80. The van der Waals surface area contributed by atoms with Crippen LogP contribution in [0.3, 0.4) is 0 Å². The molecule has 0 saturated heterocycles. The summed E-state index contributed by atoms with van der Waals surface area (Å²) in [6, 6.07) is 5.38. The van der Waals surface area contributed by atoms with Crippen molar-refractivity contribution in [3.8, 4) is 0 Å². The normalized spacial score (nSPS) is 20.1. The summed E-state index contributed by atoms with van der Waals surface area (Å²) >= 11 is 16.7. The fraction of sp³-hybridized carbons (Fsp3) is 0.222. The van der Waals surface area contributed by atoms with E-state index in [2.05, 4.69) is 10.2 Å². The van der Waals surface area contributed by atoms with E-state index in [4.69, 9.17) is 35.4 Å². The van der Waals surface area contributed by atoms with Gasteiger partial charge in [0, 0.05) is 7.05 Å². The van der Waals surface area contributed by atoms with Gasteiger partial charge in [-0.3, -0.25) is 0 Å². The third-order valence-electron chi connectivity index (χ3n) is 2.16. The molecule has 0 amide bonds. The lowest BCUT2D eigenvalue weighted by atomic mass is 10.2. The molecule has 1 aromatic rings. The highest BCUT2D eigenvalue weighted by Crippen LogP contribution is 2.31. The van der Waals surface area contributed by atoms with Gasteiger partial charge in [-0.2, -0.15) is 5.11 Å². The summed E-state index contributed by atoms with van der Waals surface area (Å²) in [5.41, 5.74) is 0.926. The van der Waals surface area contributed by atoms with Gasteiger partial charge in [-0.15, -0.1) is 5.11 Å². The minimum atomic E-state index is -0.188. The maximum atomic E-state index is 5.92. The molecule has 0 bridgehead atoms. The Labute approximate surface area is 103 Å². The zero-order chi connectivity index (χ0) is 11.0. The molecule has 1 aliphatic heterocycles. The molecule has 0 radical (unpaired) electrons. The van der Waals surface area contributed by atoms with Crippen LogP contribution in [-0.2, 0) is 0 Å². The van der Waals surface area contributed by atoms with Crippen molar-refractivity contribution in [1.29, 1.82) is 0 Å². The molecular formula is C9H7Cl2N3S. The monoisotopic (exact) mass is 259 g/mol. The van der Waals surface area contributed by atoms with Gasteiger partial charge in [0.25, 0.3) is 0 Å². The van der Waals surface area contributed by atoms with Crippen LogP contribution in [0.4, 0.5) is 0 Å². The fourth-order valence-corrected chi connectivity index (χ4v) is 1.77. The van der Waals surface area contributed by atoms with Crippen LogP contribution in [0.5, 0.6) is 0 Å². The third kappa shape index (κ3) is 1.97. The van der Waals surface area contributed by atoms with Crippen LogP contribution in [0, 0.1) is 0 Å². The summed E-state index contributed by atoms with van der Waals surface area (Å²) in [6.45, 7) is 0. The number of hydrogen-bond donors (Lipinski definition) is 0. The lowest BCUT2D eigenvalue weighted by molar-refractivity contribution is 0.414. The summed E-state index contributed by atoms with van der Waals surface area (Å²) in [7, 11) is 1.84. The first kappa shape index (κ1) is 10.8. The summed E-state index contributed by atoms with van der Waals surface area (Å²) in [5.74, 6) is 0. The first-order valence-corrected chi connectivity index (χ1v) is 5.38. The Kier molecular flexibility index (Phi) is 2.91. The number of benzene rings is 1. The molecular weight excluding hydrogens is 253 g/mol. The predicted octanol–water partition coefficient (Wildman–Crippen LogP) is 3.67. The lowest BCUT2D eigenvalue weighted by Gasteiger charge is -2.17. The van der Waals surface area contributed by atoms with Gasteiger partial charge in [0.05, 0.1) is 10.0 Å². The molecule has 1 aromatic carbocycles. The zero-order valence-electron chi connectivity index (χ0n) is 7.82. The molecule has 78 valence electrons. The smallest absolute Gasteiger partial charge is 0.217 e. The Bertz CT molecular complexity index is 447. The molecule has 1 atom stereocenters. The molecule has 3 nitrogen and oxygen atoms in total. The SMILES string of the molecule is CN1C(=S)N=NC1c1ccc(Cl)c(Cl)c1. The molecule has 0 N–H and O–H groups in total. The Morgan fingerprint density at radius 2 is 2.07 bits per heavy atom. The number of rotatable bonds is 1. The van der Waals surface area contributed by atoms with Crippen LogP contribution in [0.15, 0.2) is 28.4 Å². The Balaban J connectivity index is 2.35. The van der Waals surface area contributed by atoms with Crippen molar-refractivity contribution in [3.05, 3.63) is 33.8 Å². The largest absolute Gasteiger partial charge is 0.322 e. The Morgan fingerprint density at radius 1 is 1.33 bits per heavy atom. The predicted molar refractivity (Wildman–Crippen MR) is 64.4 cm³/mol. The minimum Gasteiger partial charge on any atom is -0.322 e. The summed E-state index contributed by atoms with van der Waals surface area (Å²) < 4.78 is 0. The Morgan fingerprint density at radius 3 is 2.60 bits per heavy atom. The van der Waals surface area contributed by atoms with E-state index in [0.717, 1.165) is 5.56 Å². The van der Waals surface area contributed by atoms with Gasteiger partial charge < -0.3 is 4.90 Å². The van der Waals surface area contributed by atoms with Crippen LogP contribution in [0.25, 0.3) is 0 Å². The number of nitrogens with zero attached hydrogens (tertiary/aromatic N) is 3. The van der Waals surface area contributed by atoms with Crippen molar-refractivity contribution in [2.75, 3.05) is 7.05 Å². The van der Waals surface area contributed by atoms with Gasteiger partial charge in [-0.1, -0.05) is 29.3 Å².